The van der Waals surface area contributed by atoms with Crippen molar-refractivity contribution in [1.82, 2.24) is 4.90 Å². The van der Waals surface area contributed by atoms with E-state index in [4.69, 9.17) is 11.6 Å². The number of alkyl halides is 2. The van der Waals surface area contributed by atoms with Crippen LogP contribution in [0.5, 0.6) is 5.75 Å². The summed E-state index contributed by atoms with van der Waals surface area (Å²) < 4.78 is 29.5. The summed E-state index contributed by atoms with van der Waals surface area (Å²) >= 11 is 6.05. The number of nitrogens with one attached hydrogen (secondary N) is 1. The fourth-order valence-corrected chi connectivity index (χ4v) is 3.41. The number of carbonyl (C=O) groups is 2. The average molecular weight is 435 g/mol. The number of nitrogens with zero attached hydrogens (tertiary/aromatic N) is 1. The van der Waals surface area contributed by atoms with Crippen molar-refractivity contribution in [2.75, 3.05) is 18.4 Å². The predicted molar refractivity (Wildman–Crippen MR) is 112 cm³/mol. The fraction of sp³-hybridized carbons (Fsp3) is 0.273. The maximum atomic E-state index is 12.9. The second-order valence-electron chi connectivity index (χ2n) is 6.78. The summed E-state index contributed by atoms with van der Waals surface area (Å²) in [4.78, 5) is 27.1. The van der Waals surface area contributed by atoms with Gasteiger partial charge in [-0.25, -0.2) is 0 Å². The topological polar surface area (TPSA) is 58.6 Å². The van der Waals surface area contributed by atoms with Gasteiger partial charge in [-0.05, 0) is 49.6 Å². The molecule has 1 aliphatic rings. The molecule has 1 N–H and O–H groups in total. The van der Waals surface area contributed by atoms with Gasteiger partial charge < -0.3 is 15.0 Å². The van der Waals surface area contributed by atoms with Gasteiger partial charge in [-0.15, -0.1) is 0 Å². The van der Waals surface area contributed by atoms with E-state index in [1.54, 1.807) is 35.2 Å². The van der Waals surface area contributed by atoms with Gasteiger partial charge >= 0.3 is 6.61 Å². The molecule has 0 aromatic heterocycles. The first-order valence-corrected chi connectivity index (χ1v) is 9.93. The highest BCUT2D eigenvalue weighted by Crippen LogP contribution is 2.25. The summed E-state index contributed by atoms with van der Waals surface area (Å²) in [7, 11) is 0. The molecule has 3 rings (SSSR count). The lowest BCUT2D eigenvalue weighted by Gasteiger charge is -2.27. The molecular weight excluding hydrogens is 414 g/mol. The minimum atomic E-state index is -2.97. The van der Waals surface area contributed by atoms with Gasteiger partial charge in [0.15, 0.2) is 0 Å². The Morgan fingerprint density at radius 2 is 1.83 bits per heavy atom. The molecule has 0 saturated carbocycles. The number of piperidine rings is 1. The first kappa shape index (κ1) is 21.8. The maximum absolute atomic E-state index is 12.9. The molecule has 0 spiro atoms. The van der Waals surface area contributed by atoms with E-state index in [-0.39, 0.29) is 11.7 Å². The maximum Gasteiger partial charge on any atom is 0.387 e. The van der Waals surface area contributed by atoms with Crippen molar-refractivity contribution in [1.29, 1.82) is 0 Å². The number of halogens is 3. The monoisotopic (exact) mass is 434 g/mol. The molecule has 1 fully saturated rings. The van der Waals surface area contributed by atoms with E-state index in [1.807, 2.05) is 0 Å². The van der Waals surface area contributed by atoms with Crippen LogP contribution in [0.3, 0.4) is 0 Å². The third-order valence-electron chi connectivity index (χ3n) is 4.66. The van der Waals surface area contributed by atoms with E-state index >= 15 is 0 Å². The Kier molecular flexibility index (Phi) is 7.41. The Hall–Kier alpha value is -2.93. The number of likely N-dealkylation sites (tertiary alicyclic amines) is 1. The SMILES string of the molecule is O=C(/C=C/c1ccccc1OC(F)F)Nc1cc(Cl)ccc1C(=O)N1CCCCC1. The highest BCUT2D eigenvalue weighted by molar-refractivity contribution is 6.31. The molecule has 2 amide bonds. The lowest BCUT2D eigenvalue weighted by atomic mass is 10.1. The van der Waals surface area contributed by atoms with Gasteiger partial charge in [0.05, 0.1) is 11.3 Å². The molecule has 1 saturated heterocycles. The quantitative estimate of drug-likeness (QED) is 0.634. The minimum absolute atomic E-state index is 0.0414. The van der Waals surface area contributed by atoms with Crippen LogP contribution in [0.25, 0.3) is 6.08 Å². The smallest absolute Gasteiger partial charge is 0.387 e. The van der Waals surface area contributed by atoms with Crippen molar-refractivity contribution in [2.45, 2.75) is 25.9 Å². The van der Waals surface area contributed by atoms with Crippen LogP contribution in [0.2, 0.25) is 5.02 Å². The Balaban J connectivity index is 1.76. The lowest BCUT2D eigenvalue weighted by Crippen LogP contribution is -2.36. The summed E-state index contributed by atoms with van der Waals surface area (Å²) in [5, 5.41) is 3.03. The third-order valence-corrected chi connectivity index (χ3v) is 4.90. The number of ether oxygens (including phenoxy) is 1. The van der Waals surface area contributed by atoms with Gasteiger partial charge in [-0.3, -0.25) is 9.59 Å². The lowest BCUT2D eigenvalue weighted by molar-refractivity contribution is -0.111. The van der Waals surface area contributed by atoms with Gasteiger partial charge in [0.2, 0.25) is 5.91 Å². The fourth-order valence-electron chi connectivity index (χ4n) is 3.24. The minimum Gasteiger partial charge on any atom is -0.434 e. The number of anilines is 1. The number of benzene rings is 2. The van der Waals surface area contributed by atoms with Crippen molar-refractivity contribution >= 4 is 35.2 Å². The van der Waals surface area contributed by atoms with Crippen LogP contribution in [-0.4, -0.2) is 36.4 Å². The summed E-state index contributed by atoms with van der Waals surface area (Å²) in [5.74, 6) is -0.738. The summed E-state index contributed by atoms with van der Waals surface area (Å²) in [5.41, 5.74) is 0.970. The third kappa shape index (κ3) is 5.79. The van der Waals surface area contributed by atoms with Crippen LogP contribution in [0.1, 0.15) is 35.2 Å². The Bertz CT molecular complexity index is 944. The molecule has 0 aliphatic carbocycles. The van der Waals surface area contributed by atoms with Crippen LogP contribution in [0.4, 0.5) is 14.5 Å². The molecule has 8 heteroatoms. The molecule has 0 atom stereocenters. The first-order chi connectivity index (χ1) is 14.4. The molecule has 0 radical (unpaired) electrons. The molecule has 0 unspecified atom stereocenters. The van der Waals surface area contributed by atoms with Crippen molar-refractivity contribution in [3.8, 4) is 5.75 Å². The van der Waals surface area contributed by atoms with Gasteiger partial charge in [0.25, 0.3) is 5.91 Å². The standard InChI is InChI=1S/C22H21ClF2N2O3/c23-16-9-10-17(21(29)27-12-4-1-5-13-27)18(14-16)26-20(28)11-8-15-6-2-3-7-19(15)30-22(24)25/h2-3,6-11,14,22H,1,4-5,12-13H2,(H,26,28)/b11-8+. The number of hydrogen-bond acceptors (Lipinski definition) is 3. The van der Waals surface area contributed by atoms with Crippen molar-refractivity contribution in [3.05, 3.63) is 64.7 Å². The van der Waals surface area contributed by atoms with Gasteiger partial charge in [0, 0.05) is 29.8 Å². The molecule has 158 valence electrons. The highest BCUT2D eigenvalue weighted by atomic mass is 35.5. The zero-order valence-electron chi connectivity index (χ0n) is 16.1. The second-order valence-corrected chi connectivity index (χ2v) is 7.22. The molecular formula is C22H21ClF2N2O3. The van der Waals surface area contributed by atoms with Crippen molar-refractivity contribution in [3.63, 3.8) is 0 Å². The zero-order chi connectivity index (χ0) is 21.5. The molecule has 2 aromatic carbocycles. The largest absolute Gasteiger partial charge is 0.434 e. The molecule has 1 heterocycles. The molecule has 30 heavy (non-hydrogen) atoms. The number of hydrogen-bond donors (Lipinski definition) is 1. The number of carbonyl (C=O) groups excluding carboxylic acids is 2. The van der Waals surface area contributed by atoms with Crippen molar-refractivity contribution in [2.24, 2.45) is 0 Å². The molecule has 0 bridgehead atoms. The second kappa shape index (κ2) is 10.2. The zero-order valence-corrected chi connectivity index (χ0v) is 16.9. The molecule has 2 aromatic rings. The number of rotatable bonds is 6. The summed E-state index contributed by atoms with van der Waals surface area (Å²) in [6.45, 7) is -1.62. The van der Waals surface area contributed by atoms with E-state index in [9.17, 15) is 18.4 Å². The molecule has 1 aliphatic heterocycles. The average Bonchev–Trinajstić information content (AvgIpc) is 2.73. The van der Waals surface area contributed by atoms with Crippen LogP contribution < -0.4 is 10.1 Å². The van der Waals surface area contributed by atoms with Gasteiger partial charge in [-0.2, -0.15) is 8.78 Å². The predicted octanol–water partition coefficient (Wildman–Crippen LogP) is 5.22. The Labute approximate surface area is 178 Å². The summed E-state index contributed by atoms with van der Waals surface area (Å²) in [6.07, 6.45) is 5.54. The van der Waals surface area contributed by atoms with Crippen LogP contribution in [0, 0.1) is 0 Å². The van der Waals surface area contributed by atoms with Crippen LogP contribution >= 0.6 is 11.6 Å². The van der Waals surface area contributed by atoms with Gasteiger partial charge in [0.1, 0.15) is 5.75 Å². The molecule has 5 nitrogen and oxygen atoms in total. The van der Waals surface area contributed by atoms with Gasteiger partial charge in [-0.1, -0.05) is 29.8 Å². The Morgan fingerprint density at radius 1 is 1.10 bits per heavy atom. The van der Waals surface area contributed by atoms with E-state index in [0.29, 0.717) is 34.9 Å². The van der Waals surface area contributed by atoms with Crippen molar-refractivity contribution < 1.29 is 23.1 Å². The van der Waals surface area contributed by atoms with E-state index in [0.717, 1.165) is 19.3 Å². The van der Waals surface area contributed by atoms with Crippen LogP contribution in [0.15, 0.2) is 48.5 Å². The Morgan fingerprint density at radius 3 is 2.57 bits per heavy atom. The number of para-hydroxylation sites is 1. The van der Waals surface area contributed by atoms with E-state index in [1.165, 1.54) is 24.3 Å². The number of amides is 2. The first-order valence-electron chi connectivity index (χ1n) is 9.56. The highest BCUT2D eigenvalue weighted by Gasteiger charge is 2.21. The van der Waals surface area contributed by atoms with E-state index in [2.05, 4.69) is 10.1 Å². The normalized spacial score (nSPS) is 14.2. The summed E-state index contributed by atoms with van der Waals surface area (Å²) in [6, 6.07) is 10.8. The van der Waals surface area contributed by atoms with E-state index < -0.39 is 12.5 Å². The van der Waals surface area contributed by atoms with Crippen LogP contribution in [-0.2, 0) is 4.79 Å².